The number of benzene rings is 1. The van der Waals surface area contributed by atoms with E-state index in [1.54, 1.807) is 18.0 Å². The van der Waals surface area contributed by atoms with Crippen LogP contribution in [0.15, 0.2) is 24.8 Å². The smallest absolute Gasteiger partial charge is 0.293 e. The van der Waals surface area contributed by atoms with E-state index >= 15 is 0 Å². The van der Waals surface area contributed by atoms with E-state index in [1.807, 2.05) is 0 Å². The normalized spacial score (nSPS) is 9.71. The molecule has 17 heavy (non-hydrogen) atoms. The highest BCUT2D eigenvalue weighted by Gasteiger charge is 2.18. The zero-order valence-corrected chi connectivity index (χ0v) is 9.51. The van der Waals surface area contributed by atoms with Crippen LogP contribution in [-0.4, -0.2) is 24.7 Å². The molecule has 0 spiro atoms. The van der Waals surface area contributed by atoms with E-state index in [2.05, 4.69) is 6.58 Å². The molecule has 0 fully saturated rings. The number of nitrogen functional groups attached to an aromatic ring is 1. The lowest BCUT2D eigenvalue weighted by molar-refractivity contribution is -0.384. The maximum absolute atomic E-state index is 10.9. The minimum atomic E-state index is -0.485. The molecule has 0 aliphatic heterocycles. The van der Waals surface area contributed by atoms with Crippen LogP contribution >= 0.6 is 0 Å². The summed E-state index contributed by atoms with van der Waals surface area (Å²) in [7, 11) is 1.72. The van der Waals surface area contributed by atoms with Crippen molar-refractivity contribution < 1.29 is 4.92 Å². The Labute approximate surface area is 99.0 Å². The number of nitro benzene ring substituents is 1. The number of nitrogens with zero attached hydrogens (tertiary/aromatic N) is 2. The summed E-state index contributed by atoms with van der Waals surface area (Å²) in [4.78, 5) is 12.1. The number of hydrogen-bond donors (Lipinski definition) is 2. The van der Waals surface area contributed by atoms with Gasteiger partial charge in [-0.05, 0) is 6.07 Å². The van der Waals surface area contributed by atoms with Gasteiger partial charge in [0.2, 0.25) is 0 Å². The molecule has 0 amide bonds. The molecule has 6 heteroatoms. The second kappa shape index (κ2) is 5.11. The first-order valence-electron chi connectivity index (χ1n) is 4.91. The fraction of sp³-hybridized carbons (Fsp3) is 0.182. The number of nitrogens with two attached hydrogens (primary N) is 1. The molecule has 0 heterocycles. The van der Waals surface area contributed by atoms with E-state index in [9.17, 15) is 10.1 Å². The first-order valence-corrected chi connectivity index (χ1v) is 4.91. The monoisotopic (exact) mass is 234 g/mol. The van der Waals surface area contributed by atoms with Gasteiger partial charge < -0.3 is 16.0 Å². The summed E-state index contributed by atoms with van der Waals surface area (Å²) in [5, 5.41) is 18.1. The summed E-state index contributed by atoms with van der Waals surface area (Å²) in [6.07, 6.45) is 2.64. The van der Waals surface area contributed by atoms with E-state index in [0.717, 1.165) is 6.21 Å². The Morgan fingerprint density at radius 3 is 2.76 bits per heavy atom. The summed E-state index contributed by atoms with van der Waals surface area (Å²) in [5.74, 6) is 0. The van der Waals surface area contributed by atoms with Crippen LogP contribution in [0, 0.1) is 15.5 Å². The molecule has 0 aromatic heterocycles. The molecule has 0 saturated carbocycles. The van der Waals surface area contributed by atoms with Crippen LogP contribution in [0.2, 0.25) is 0 Å². The van der Waals surface area contributed by atoms with Crippen LogP contribution in [-0.2, 0) is 0 Å². The molecule has 90 valence electrons. The Morgan fingerprint density at radius 2 is 2.29 bits per heavy atom. The number of hydrogen-bond acceptors (Lipinski definition) is 5. The van der Waals surface area contributed by atoms with E-state index in [4.69, 9.17) is 11.1 Å². The molecule has 1 aromatic carbocycles. The highest BCUT2D eigenvalue weighted by molar-refractivity contribution is 5.89. The summed E-state index contributed by atoms with van der Waals surface area (Å²) >= 11 is 0. The standard InChI is InChI=1S/C11H14N4O2/c1-3-4-14(2)10-6-9(13)8(7-12)5-11(10)15(16)17/h3,5-7,12H,1,4,13H2,2H3. The summed E-state index contributed by atoms with van der Waals surface area (Å²) in [5.41, 5.74) is 6.74. The third-order valence-corrected chi connectivity index (χ3v) is 2.35. The molecule has 3 N–H and O–H groups in total. The molecule has 6 nitrogen and oxygen atoms in total. The van der Waals surface area contributed by atoms with E-state index < -0.39 is 4.92 Å². The lowest BCUT2D eigenvalue weighted by Crippen LogP contribution is -2.18. The lowest BCUT2D eigenvalue weighted by atomic mass is 10.1. The van der Waals surface area contributed by atoms with Crippen molar-refractivity contribution in [1.82, 2.24) is 0 Å². The highest BCUT2D eigenvalue weighted by Crippen LogP contribution is 2.31. The van der Waals surface area contributed by atoms with Crippen molar-refractivity contribution in [3.05, 3.63) is 40.5 Å². The van der Waals surface area contributed by atoms with Gasteiger partial charge in [0.1, 0.15) is 5.69 Å². The van der Waals surface area contributed by atoms with Crippen LogP contribution in [0.3, 0.4) is 0 Å². The van der Waals surface area contributed by atoms with Crippen molar-refractivity contribution in [2.45, 2.75) is 0 Å². The molecular weight excluding hydrogens is 220 g/mol. The first kappa shape index (κ1) is 12.7. The fourth-order valence-electron chi connectivity index (χ4n) is 1.48. The molecular formula is C11H14N4O2. The Balaban J connectivity index is 3.36. The SMILES string of the molecule is C=CCN(C)c1cc(N)c(C=N)cc1[N+](=O)[O-]. The van der Waals surface area contributed by atoms with Crippen LogP contribution in [0.4, 0.5) is 17.1 Å². The average Bonchev–Trinajstić information content (AvgIpc) is 2.28. The van der Waals surface area contributed by atoms with Crippen LogP contribution < -0.4 is 10.6 Å². The quantitative estimate of drug-likeness (QED) is 0.267. The molecule has 0 radical (unpaired) electrons. The zero-order valence-electron chi connectivity index (χ0n) is 9.51. The van der Waals surface area contributed by atoms with Gasteiger partial charge >= 0.3 is 0 Å². The first-order chi connectivity index (χ1) is 8.01. The molecule has 0 unspecified atom stereocenters. The molecule has 0 saturated heterocycles. The largest absolute Gasteiger partial charge is 0.398 e. The third-order valence-electron chi connectivity index (χ3n) is 2.35. The van der Waals surface area contributed by atoms with E-state index in [1.165, 1.54) is 12.1 Å². The van der Waals surface area contributed by atoms with Crippen LogP contribution in [0.25, 0.3) is 0 Å². The van der Waals surface area contributed by atoms with Crippen molar-refractivity contribution in [1.29, 1.82) is 5.41 Å². The number of nitrogens with one attached hydrogen (secondary N) is 1. The van der Waals surface area contributed by atoms with Crippen molar-refractivity contribution in [2.75, 3.05) is 24.2 Å². The minimum absolute atomic E-state index is 0.0675. The number of likely N-dealkylation sites (N-methyl/N-ethyl adjacent to an activating group) is 1. The summed E-state index contributed by atoms with van der Waals surface area (Å²) in [6.45, 7) is 4.05. The zero-order chi connectivity index (χ0) is 13.0. The van der Waals surface area contributed by atoms with Gasteiger partial charge in [-0.25, -0.2) is 0 Å². The maximum Gasteiger partial charge on any atom is 0.293 e. The Morgan fingerprint density at radius 1 is 1.65 bits per heavy atom. The van der Waals surface area contributed by atoms with Gasteiger partial charge in [0.15, 0.2) is 0 Å². The second-order valence-corrected chi connectivity index (χ2v) is 3.54. The molecule has 0 bridgehead atoms. The van der Waals surface area contributed by atoms with Gasteiger partial charge in [0.25, 0.3) is 5.69 Å². The fourth-order valence-corrected chi connectivity index (χ4v) is 1.48. The van der Waals surface area contributed by atoms with E-state index in [0.29, 0.717) is 23.5 Å². The molecule has 0 atom stereocenters. The number of rotatable bonds is 5. The van der Waals surface area contributed by atoms with E-state index in [-0.39, 0.29) is 5.69 Å². The van der Waals surface area contributed by atoms with Crippen molar-refractivity contribution in [2.24, 2.45) is 0 Å². The van der Waals surface area contributed by atoms with Gasteiger partial charge in [0.05, 0.1) is 4.92 Å². The number of nitro groups is 1. The topological polar surface area (TPSA) is 96.2 Å². The van der Waals surface area contributed by atoms with Crippen LogP contribution in [0.1, 0.15) is 5.56 Å². The summed E-state index contributed by atoms with van der Waals surface area (Å²) < 4.78 is 0. The minimum Gasteiger partial charge on any atom is -0.398 e. The highest BCUT2D eigenvalue weighted by atomic mass is 16.6. The predicted molar refractivity (Wildman–Crippen MR) is 68.9 cm³/mol. The van der Waals surface area contributed by atoms with Gasteiger partial charge in [-0.1, -0.05) is 6.08 Å². The second-order valence-electron chi connectivity index (χ2n) is 3.54. The average molecular weight is 234 g/mol. The van der Waals surface area contributed by atoms with Gasteiger partial charge in [0, 0.05) is 37.1 Å². The van der Waals surface area contributed by atoms with Crippen molar-refractivity contribution in [3.8, 4) is 0 Å². The molecule has 1 aromatic rings. The van der Waals surface area contributed by atoms with Crippen molar-refractivity contribution in [3.63, 3.8) is 0 Å². The predicted octanol–water partition coefficient (Wildman–Crippen LogP) is 1.80. The summed E-state index contributed by atoms with van der Waals surface area (Å²) in [6, 6.07) is 2.80. The Hall–Kier alpha value is -2.37. The number of anilines is 2. The van der Waals surface area contributed by atoms with Gasteiger partial charge in [-0.2, -0.15) is 0 Å². The molecule has 0 aliphatic carbocycles. The third kappa shape index (κ3) is 2.60. The molecule has 1 rings (SSSR count). The van der Waals surface area contributed by atoms with Crippen molar-refractivity contribution >= 4 is 23.3 Å². The Bertz CT molecular complexity index is 471. The Kier molecular flexibility index (Phi) is 3.82. The lowest BCUT2D eigenvalue weighted by Gasteiger charge is -2.18. The van der Waals surface area contributed by atoms with Crippen LogP contribution in [0.5, 0.6) is 0 Å². The van der Waals surface area contributed by atoms with Gasteiger partial charge in [-0.15, -0.1) is 6.58 Å². The van der Waals surface area contributed by atoms with Gasteiger partial charge in [-0.3, -0.25) is 10.1 Å². The molecule has 0 aliphatic rings. The maximum atomic E-state index is 10.9.